The first-order chi connectivity index (χ1) is 4.50. The van der Waals surface area contributed by atoms with E-state index < -0.39 is 5.97 Å². The Kier molecular flexibility index (Phi) is 10.4. The second-order valence-corrected chi connectivity index (χ2v) is 2.22. The Morgan fingerprint density at radius 1 is 1.40 bits per heavy atom. The van der Waals surface area contributed by atoms with E-state index in [9.17, 15) is 9.59 Å². The average Bonchev–Trinajstić information content (AvgIpc) is 1.62. The zero-order valence-electron chi connectivity index (χ0n) is 6.13. The number of carbonyl (C=O) groups excluding carboxylic acids is 1. The zero-order valence-corrected chi connectivity index (χ0v) is 7.02. The Morgan fingerprint density at radius 3 is 1.70 bits per heavy atom. The van der Waals surface area contributed by atoms with Crippen LogP contribution in [-0.2, 0) is 9.59 Å². The highest BCUT2D eigenvalue weighted by Gasteiger charge is 1.88. The van der Waals surface area contributed by atoms with Gasteiger partial charge in [0.25, 0.3) is 0 Å². The van der Waals surface area contributed by atoms with Gasteiger partial charge >= 0.3 is 5.97 Å². The van der Waals surface area contributed by atoms with Crippen LogP contribution in [0.3, 0.4) is 0 Å². The topological polar surface area (TPSA) is 54.4 Å². The quantitative estimate of drug-likeness (QED) is 0.598. The molecule has 0 aliphatic rings. The van der Waals surface area contributed by atoms with Crippen molar-refractivity contribution < 1.29 is 14.7 Å². The molecule has 0 aromatic heterocycles. The molecule has 0 heterocycles. The summed E-state index contributed by atoms with van der Waals surface area (Å²) >= 11 is 3.68. The number of ketones is 1. The lowest BCUT2D eigenvalue weighted by Gasteiger charge is -1.79. The summed E-state index contributed by atoms with van der Waals surface area (Å²) in [6, 6.07) is 0. The van der Waals surface area contributed by atoms with Gasteiger partial charge in [0, 0.05) is 5.75 Å². The second kappa shape index (κ2) is 8.49. The van der Waals surface area contributed by atoms with Gasteiger partial charge in [-0.05, 0) is 13.8 Å². The number of carbonyl (C=O) groups is 2. The smallest absolute Gasteiger partial charge is 0.304 e. The van der Waals surface area contributed by atoms with Gasteiger partial charge in [-0.3, -0.25) is 4.79 Å². The van der Waals surface area contributed by atoms with E-state index in [1.807, 2.05) is 0 Å². The molecule has 0 atom stereocenters. The lowest BCUT2D eigenvalue weighted by atomic mass is 10.5. The molecule has 0 fully saturated rings. The van der Waals surface area contributed by atoms with Gasteiger partial charge in [-0.2, -0.15) is 12.6 Å². The number of rotatable bonds is 2. The maximum Gasteiger partial charge on any atom is 0.304 e. The Balaban J connectivity index is 0. The van der Waals surface area contributed by atoms with E-state index in [1.54, 1.807) is 0 Å². The fourth-order valence-corrected chi connectivity index (χ4v) is 0.287. The van der Waals surface area contributed by atoms with Crippen LogP contribution in [0.15, 0.2) is 0 Å². The zero-order chi connectivity index (χ0) is 8.57. The van der Waals surface area contributed by atoms with Gasteiger partial charge in [0.05, 0.1) is 6.42 Å². The molecule has 0 saturated heterocycles. The maximum absolute atomic E-state index is 9.55. The van der Waals surface area contributed by atoms with Crippen molar-refractivity contribution in [3.63, 3.8) is 0 Å². The van der Waals surface area contributed by atoms with Crippen molar-refractivity contribution in [1.82, 2.24) is 0 Å². The van der Waals surface area contributed by atoms with E-state index in [-0.39, 0.29) is 12.2 Å². The van der Waals surface area contributed by atoms with Gasteiger partial charge in [-0.1, -0.05) is 0 Å². The van der Waals surface area contributed by atoms with Gasteiger partial charge in [0.1, 0.15) is 5.78 Å². The van der Waals surface area contributed by atoms with Crippen LogP contribution >= 0.6 is 12.6 Å². The summed E-state index contributed by atoms with van der Waals surface area (Å²) in [5, 5.41) is 7.86. The summed E-state index contributed by atoms with van der Waals surface area (Å²) in [6.45, 7) is 3.06. The normalized spacial score (nSPS) is 7.50. The summed E-state index contributed by atoms with van der Waals surface area (Å²) in [4.78, 5) is 19.0. The lowest BCUT2D eigenvalue weighted by molar-refractivity contribution is -0.136. The monoisotopic (exact) mass is 164 g/mol. The number of aliphatic carboxylic acids is 1. The standard InChI is InChI=1S/C3H6O2S.C3H6O/c4-3(5)1-2-6;1-3(2)4/h6H,1-2H2,(H,4,5);1-2H3. The lowest BCUT2D eigenvalue weighted by Crippen LogP contribution is -1.93. The molecule has 3 nitrogen and oxygen atoms in total. The highest BCUT2D eigenvalue weighted by molar-refractivity contribution is 7.80. The fourth-order valence-electron chi connectivity index (χ4n) is 0.0956. The molecular formula is C6H12O3S. The number of thiol groups is 1. The van der Waals surface area contributed by atoms with E-state index in [4.69, 9.17) is 5.11 Å². The molecule has 0 aromatic carbocycles. The summed E-state index contributed by atoms with van der Waals surface area (Å²) in [7, 11) is 0. The minimum absolute atomic E-state index is 0.156. The van der Waals surface area contributed by atoms with E-state index >= 15 is 0 Å². The van der Waals surface area contributed by atoms with Gasteiger partial charge in [0.2, 0.25) is 0 Å². The van der Waals surface area contributed by atoms with Crippen molar-refractivity contribution in [3.05, 3.63) is 0 Å². The van der Waals surface area contributed by atoms with Crippen LogP contribution in [0.25, 0.3) is 0 Å². The third-order valence-electron chi connectivity index (χ3n) is 0.326. The van der Waals surface area contributed by atoms with Crippen LogP contribution in [-0.4, -0.2) is 22.6 Å². The molecule has 0 aliphatic heterocycles. The molecule has 0 aliphatic carbocycles. The fraction of sp³-hybridized carbons (Fsp3) is 0.667. The number of carboxylic acid groups (broad SMARTS) is 1. The van der Waals surface area contributed by atoms with Gasteiger partial charge < -0.3 is 9.90 Å². The first kappa shape index (κ1) is 12.2. The van der Waals surface area contributed by atoms with Crippen LogP contribution in [0, 0.1) is 0 Å². The van der Waals surface area contributed by atoms with E-state index in [1.165, 1.54) is 13.8 Å². The Bertz CT molecular complexity index is 108. The van der Waals surface area contributed by atoms with Crippen molar-refractivity contribution >= 4 is 24.4 Å². The summed E-state index contributed by atoms with van der Waals surface area (Å²) in [6.07, 6.45) is 0.156. The molecule has 0 bridgehead atoms. The predicted octanol–water partition coefficient (Wildman–Crippen LogP) is 0.986. The highest BCUT2D eigenvalue weighted by atomic mass is 32.1. The average molecular weight is 164 g/mol. The van der Waals surface area contributed by atoms with E-state index in [0.717, 1.165) is 0 Å². The number of carboxylic acids is 1. The van der Waals surface area contributed by atoms with Crippen LogP contribution < -0.4 is 0 Å². The highest BCUT2D eigenvalue weighted by Crippen LogP contribution is 1.79. The number of hydrogen-bond donors (Lipinski definition) is 2. The van der Waals surface area contributed by atoms with E-state index in [0.29, 0.717) is 5.75 Å². The molecule has 0 rings (SSSR count). The first-order valence-electron chi connectivity index (χ1n) is 2.80. The molecule has 0 aromatic rings. The van der Waals surface area contributed by atoms with Crippen molar-refractivity contribution in [3.8, 4) is 0 Å². The molecular weight excluding hydrogens is 152 g/mol. The van der Waals surface area contributed by atoms with Crippen LogP contribution in [0.4, 0.5) is 0 Å². The maximum atomic E-state index is 9.55. The summed E-state index contributed by atoms with van der Waals surface area (Å²) in [5.41, 5.74) is 0. The van der Waals surface area contributed by atoms with E-state index in [2.05, 4.69) is 12.6 Å². The molecule has 60 valence electrons. The minimum Gasteiger partial charge on any atom is -0.481 e. The Labute approximate surface area is 65.8 Å². The van der Waals surface area contributed by atoms with Crippen LogP contribution in [0.5, 0.6) is 0 Å². The predicted molar refractivity (Wildman–Crippen MR) is 42.5 cm³/mol. The molecule has 0 spiro atoms. The molecule has 0 amide bonds. The summed E-state index contributed by atoms with van der Waals surface area (Å²) in [5.74, 6) is -0.194. The number of Topliss-reactive ketones (excluding diaryl/α,β-unsaturated/α-hetero) is 1. The summed E-state index contributed by atoms with van der Waals surface area (Å²) < 4.78 is 0. The van der Waals surface area contributed by atoms with Crippen molar-refractivity contribution in [2.24, 2.45) is 0 Å². The van der Waals surface area contributed by atoms with Gasteiger partial charge in [-0.15, -0.1) is 0 Å². The first-order valence-corrected chi connectivity index (χ1v) is 3.43. The number of hydrogen-bond acceptors (Lipinski definition) is 3. The van der Waals surface area contributed by atoms with Crippen LogP contribution in [0.1, 0.15) is 20.3 Å². The molecule has 1 N–H and O–H groups in total. The SMILES string of the molecule is CC(C)=O.O=C(O)CCS. The largest absolute Gasteiger partial charge is 0.481 e. The third-order valence-corrected chi connectivity index (χ3v) is 0.549. The second-order valence-electron chi connectivity index (χ2n) is 1.78. The molecule has 0 saturated carbocycles. The van der Waals surface area contributed by atoms with Crippen molar-refractivity contribution in [2.75, 3.05) is 5.75 Å². The Morgan fingerprint density at radius 2 is 1.70 bits per heavy atom. The van der Waals surface area contributed by atoms with Crippen LogP contribution in [0.2, 0.25) is 0 Å². The molecule has 0 radical (unpaired) electrons. The molecule has 10 heavy (non-hydrogen) atoms. The van der Waals surface area contributed by atoms with Crippen molar-refractivity contribution in [2.45, 2.75) is 20.3 Å². The van der Waals surface area contributed by atoms with Crippen molar-refractivity contribution in [1.29, 1.82) is 0 Å². The third kappa shape index (κ3) is 50.9. The molecule has 0 unspecified atom stereocenters. The Hall–Kier alpha value is -0.510. The van der Waals surface area contributed by atoms with Gasteiger partial charge in [0.15, 0.2) is 0 Å². The molecule has 4 heteroatoms. The van der Waals surface area contributed by atoms with Gasteiger partial charge in [-0.25, -0.2) is 0 Å². The minimum atomic E-state index is -0.787.